The van der Waals surface area contributed by atoms with Crippen molar-refractivity contribution in [1.82, 2.24) is 5.43 Å². The topological polar surface area (TPSA) is 64.9 Å². The van der Waals surface area contributed by atoms with Crippen molar-refractivity contribution in [1.29, 1.82) is 0 Å². The smallest absolute Gasteiger partial charge is 0.243 e. The van der Waals surface area contributed by atoms with E-state index >= 15 is 0 Å². The third-order valence-corrected chi connectivity index (χ3v) is 5.48. The van der Waals surface area contributed by atoms with E-state index in [0.29, 0.717) is 17.4 Å². The number of benzene rings is 1. The van der Waals surface area contributed by atoms with Gasteiger partial charge in [-0.3, -0.25) is 4.79 Å². The van der Waals surface area contributed by atoms with Crippen LogP contribution in [0, 0.1) is 17.8 Å². The summed E-state index contributed by atoms with van der Waals surface area (Å²) >= 11 is 0. The van der Waals surface area contributed by atoms with Crippen LogP contribution in [0.3, 0.4) is 0 Å². The monoisotopic (exact) mass is 329 g/mol. The van der Waals surface area contributed by atoms with Crippen molar-refractivity contribution in [3.8, 4) is 5.75 Å². The first-order chi connectivity index (χ1) is 11.7. The molecule has 5 heteroatoms. The third kappa shape index (κ3) is 3.40. The molecule has 2 aliphatic carbocycles. The van der Waals surface area contributed by atoms with Gasteiger partial charge in [0, 0.05) is 36.3 Å². The van der Waals surface area contributed by atoms with Gasteiger partial charge < -0.3 is 10.0 Å². The lowest BCUT2D eigenvalue weighted by Gasteiger charge is -2.21. The fourth-order valence-electron chi connectivity index (χ4n) is 4.05. The SMILES string of the molecule is CCN(CC)c1ccc(/C=N/NC(=O)C2C3CCCCC32)c(O)c1. The van der Waals surface area contributed by atoms with Crippen molar-refractivity contribution in [2.75, 3.05) is 18.0 Å². The Balaban J connectivity index is 1.57. The van der Waals surface area contributed by atoms with Crippen molar-refractivity contribution in [2.24, 2.45) is 22.9 Å². The van der Waals surface area contributed by atoms with E-state index in [-0.39, 0.29) is 17.6 Å². The molecule has 24 heavy (non-hydrogen) atoms. The molecule has 130 valence electrons. The lowest BCUT2D eigenvalue weighted by atomic mass is 10.0. The molecule has 0 heterocycles. The van der Waals surface area contributed by atoms with Gasteiger partial charge in [-0.05, 0) is 50.7 Å². The number of aromatic hydroxyl groups is 1. The Kier molecular flexibility index (Phi) is 5.07. The standard InChI is InChI=1S/C19H27N3O2/c1-3-22(4-2)14-10-9-13(17(23)11-14)12-20-21-19(24)18-15-7-5-6-8-16(15)18/h9-12,15-16,18,23H,3-8H2,1-2H3,(H,21,24)/b20-12+. The summed E-state index contributed by atoms with van der Waals surface area (Å²) in [6, 6.07) is 5.53. The molecule has 3 rings (SSSR count). The second kappa shape index (κ2) is 7.24. The average Bonchev–Trinajstić information content (AvgIpc) is 3.32. The first kappa shape index (κ1) is 16.8. The number of hydrazone groups is 1. The highest BCUT2D eigenvalue weighted by molar-refractivity contribution is 5.87. The van der Waals surface area contributed by atoms with Gasteiger partial charge in [-0.1, -0.05) is 12.8 Å². The van der Waals surface area contributed by atoms with Gasteiger partial charge in [-0.2, -0.15) is 5.10 Å². The minimum atomic E-state index is 0.0300. The quantitative estimate of drug-likeness (QED) is 0.622. The molecule has 0 spiro atoms. The van der Waals surface area contributed by atoms with Crippen molar-refractivity contribution >= 4 is 17.8 Å². The van der Waals surface area contributed by atoms with E-state index in [0.717, 1.165) is 18.8 Å². The second-order valence-corrected chi connectivity index (χ2v) is 6.79. The van der Waals surface area contributed by atoms with Crippen LogP contribution in [0.1, 0.15) is 45.1 Å². The molecule has 2 aliphatic rings. The van der Waals surface area contributed by atoms with Crippen LogP contribution in [-0.2, 0) is 4.79 Å². The molecule has 0 aliphatic heterocycles. The maximum Gasteiger partial charge on any atom is 0.243 e. The molecule has 1 aromatic carbocycles. The molecule has 2 fully saturated rings. The van der Waals surface area contributed by atoms with Crippen molar-refractivity contribution in [3.63, 3.8) is 0 Å². The molecule has 1 aromatic rings. The highest BCUT2D eigenvalue weighted by atomic mass is 16.3. The number of rotatable bonds is 6. The number of nitrogens with one attached hydrogen (secondary N) is 1. The fourth-order valence-corrected chi connectivity index (χ4v) is 4.05. The number of hydrogen-bond acceptors (Lipinski definition) is 4. The number of hydrogen-bond donors (Lipinski definition) is 2. The first-order valence-electron chi connectivity index (χ1n) is 9.06. The van der Waals surface area contributed by atoms with Crippen LogP contribution in [-0.4, -0.2) is 30.3 Å². The molecule has 2 saturated carbocycles. The Labute approximate surface area is 143 Å². The van der Waals surface area contributed by atoms with E-state index in [4.69, 9.17) is 0 Å². The Morgan fingerprint density at radius 3 is 2.54 bits per heavy atom. The van der Waals surface area contributed by atoms with Crippen molar-refractivity contribution in [2.45, 2.75) is 39.5 Å². The third-order valence-electron chi connectivity index (χ3n) is 5.48. The summed E-state index contributed by atoms with van der Waals surface area (Å²) in [5.41, 5.74) is 4.24. The largest absolute Gasteiger partial charge is 0.507 e. The van der Waals surface area contributed by atoms with E-state index in [1.54, 1.807) is 6.07 Å². The summed E-state index contributed by atoms with van der Waals surface area (Å²) < 4.78 is 0. The summed E-state index contributed by atoms with van der Waals surface area (Å²) in [5.74, 6) is 1.52. The molecule has 0 bridgehead atoms. The van der Waals surface area contributed by atoms with Gasteiger partial charge in [0.1, 0.15) is 5.75 Å². The highest BCUT2D eigenvalue weighted by Crippen LogP contribution is 2.55. The minimum Gasteiger partial charge on any atom is -0.507 e. The summed E-state index contributed by atoms with van der Waals surface area (Å²) in [7, 11) is 0. The van der Waals surface area contributed by atoms with Gasteiger partial charge in [-0.25, -0.2) is 5.43 Å². The van der Waals surface area contributed by atoms with E-state index in [9.17, 15) is 9.90 Å². The summed E-state index contributed by atoms with van der Waals surface area (Å²) in [5, 5.41) is 14.2. The zero-order valence-electron chi connectivity index (χ0n) is 14.5. The summed E-state index contributed by atoms with van der Waals surface area (Å²) in [6.45, 7) is 5.95. The number of carbonyl (C=O) groups excluding carboxylic acids is 1. The number of anilines is 1. The zero-order chi connectivity index (χ0) is 17.1. The Morgan fingerprint density at radius 1 is 1.29 bits per heavy atom. The van der Waals surface area contributed by atoms with Crippen LogP contribution in [0.25, 0.3) is 0 Å². The summed E-state index contributed by atoms with van der Waals surface area (Å²) in [6.07, 6.45) is 6.38. The number of phenols is 1. The van der Waals surface area contributed by atoms with Crippen LogP contribution >= 0.6 is 0 Å². The van der Waals surface area contributed by atoms with Gasteiger partial charge >= 0.3 is 0 Å². The second-order valence-electron chi connectivity index (χ2n) is 6.79. The van der Waals surface area contributed by atoms with E-state index < -0.39 is 0 Å². The molecule has 1 amide bonds. The maximum atomic E-state index is 12.2. The zero-order valence-corrected chi connectivity index (χ0v) is 14.5. The lowest BCUT2D eigenvalue weighted by Crippen LogP contribution is -2.21. The Bertz CT molecular complexity index is 613. The molecule has 0 aromatic heterocycles. The van der Waals surface area contributed by atoms with Crippen LogP contribution in [0.4, 0.5) is 5.69 Å². The number of nitrogens with zero attached hydrogens (tertiary/aromatic N) is 2. The van der Waals surface area contributed by atoms with E-state index in [2.05, 4.69) is 29.3 Å². The van der Waals surface area contributed by atoms with E-state index in [1.165, 1.54) is 31.9 Å². The normalized spacial score (nSPS) is 25.3. The molecule has 2 N–H and O–H groups in total. The molecule has 0 saturated heterocycles. The number of fused-ring (bicyclic) bond motifs is 1. The highest BCUT2D eigenvalue weighted by Gasteiger charge is 2.54. The van der Waals surface area contributed by atoms with Gasteiger partial charge in [0.05, 0.1) is 6.21 Å². The molecule has 2 unspecified atom stereocenters. The van der Waals surface area contributed by atoms with Crippen molar-refractivity contribution in [3.05, 3.63) is 23.8 Å². The predicted molar refractivity (Wildman–Crippen MR) is 96.3 cm³/mol. The number of phenolic OH excluding ortho intramolecular Hbond substituents is 1. The van der Waals surface area contributed by atoms with Gasteiger partial charge in [0.25, 0.3) is 0 Å². The lowest BCUT2D eigenvalue weighted by molar-refractivity contribution is -0.122. The molecule has 5 nitrogen and oxygen atoms in total. The van der Waals surface area contributed by atoms with Gasteiger partial charge in [0.2, 0.25) is 5.91 Å². The number of amides is 1. The van der Waals surface area contributed by atoms with Crippen LogP contribution in [0.15, 0.2) is 23.3 Å². The average molecular weight is 329 g/mol. The summed E-state index contributed by atoms with van der Waals surface area (Å²) in [4.78, 5) is 14.3. The van der Waals surface area contributed by atoms with Crippen molar-refractivity contribution < 1.29 is 9.90 Å². The van der Waals surface area contributed by atoms with Crippen LogP contribution in [0.2, 0.25) is 0 Å². The maximum absolute atomic E-state index is 12.2. The molecule has 0 radical (unpaired) electrons. The Hall–Kier alpha value is -2.04. The van der Waals surface area contributed by atoms with Gasteiger partial charge in [0.15, 0.2) is 0 Å². The molecular formula is C19H27N3O2. The van der Waals surface area contributed by atoms with Gasteiger partial charge in [-0.15, -0.1) is 0 Å². The fraction of sp³-hybridized carbons (Fsp3) is 0.579. The Morgan fingerprint density at radius 2 is 1.96 bits per heavy atom. The van der Waals surface area contributed by atoms with Crippen LogP contribution in [0.5, 0.6) is 5.75 Å². The first-order valence-corrected chi connectivity index (χ1v) is 9.06. The predicted octanol–water partition coefficient (Wildman–Crippen LogP) is 3.12. The van der Waals surface area contributed by atoms with E-state index in [1.807, 2.05) is 12.1 Å². The molecule has 2 atom stereocenters. The minimum absolute atomic E-state index is 0.0300. The van der Waals surface area contributed by atoms with Crippen LogP contribution < -0.4 is 10.3 Å². The molecular weight excluding hydrogens is 302 g/mol. The number of carbonyl (C=O) groups is 1.